The van der Waals surface area contributed by atoms with Gasteiger partial charge in [-0.2, -0.15) is 0 Å². The zero-order valence-corrected chi connectivity index (χ0v) is 9.17. The summed E-state index contributed by atoms with van der Waals surface area (Å²) in [5.41, 5.74) is 5.73. The van der Waals surface area contributed by atoms with Crippen LogP contribution in [0.2, 0.25) is 5.02 Å². The van der Waals surface area contributed by atoms with Crippen LogP contribution >= 0.6 is 11.6 Å². The van der Waals surface area contributed by atoms with E-state index in [1.54, 1.807) is 0 Å². The van der Waals surface area contributed by atoms with Gasteiger partial charge in [0.05, 0.1) is 12.1 Å². The van der Waals surface area contributed by atoms with E-state index in [2.05, 4.69) is 5.32 Å². The lowest BCUT2D eigenvalue weighted by Gasteiger charge is -2.12. The van der Waals surface area contributed by atoms with Crippen molar-refractivity contribution >= 4 is 23.3 Å². The largest absolute Gasteiger partial charge is 0.481 e. The maximum atomic E-state index is 13.2. The summed E-state index contributed by atoms with van der Waals surface area (Å²) >= 11 is 5.68. The van der Waals surface area contributed by atoms with E-state index in [4.69, 9.17) is 22.4 Å². The maximum Gasteiger partial charge on any atom is 0.304 e. The Morgan fingerprint density at radius 3 is 2.94 bits per heavy atom. The minimum atomic E-state index is -0.985. The van der Waals surface area contributed by atoms with Crippen molar-refractivity contribution in [2.45, 2.75) is 12.5 Å². The normalized spacial score (nSPS) is 12.2. The lowest BCUT2D eigenvalue weighted by molar-refractivity contribution is -0.137. The molecular weight excluding hydrogens is 235 g/mol. The van der Waals surface area contributed by atoms with Crippen LogP contribution in [-0.4, -0.2) is 23.7 Å². The number of carbonyl (C=O) groups is 1. The minimum absolute atomic E-state index is 0.170. The van der Waals surface area contributed by atoms with Gasteiger partial charge in [0.15, 0.2) is 0 Å². The predicted octanol–water partition coefficient (Wildman–Crippen LogP) is 1.69. The number of rotatable bonds is 5. The van der Waals surface area contributed by atoms with Crippen molar-refractivity contribution in [2.24, 2.45) is 5.73 Å². The summed E-state index contributed by atoms with van der Waals surface area (Å²) in [5, 5.41) is 11.6. The molecule has 16 heavy (non-hydrogen) atoms. The molecule has 0 bridgehead atoms. The number of anilines is 1. The Balaban J connectivity index is 2.54. The van der Waals surface area contributed by atoms with Gasteiger partial charge in [-0.05, 0) is 18.2 Å². The van der Waals surface area contributed by atoms with E-state index < -0.39 is 17.8 Å². The third kappa shape index (κ3) is 4.04. The number of nitrogens with one attached hydrogen (secondary N) is 1. The van der Waals surface area contributed by atoms with Crippen molar-refractivity contribution in [3.63, 3.8) is 0 Å². The molecule has 1 aromatic carbocycles. The first kappa shape index (κ1) is 12.7. The van der Waals surface area contributed by atoms with E-state index in [-0.39, 0.29) is 18.7 Å². The topological polar surface area (TPSA) is 75.3 Å². The molecule has 0 radical (unpaired) electrons. The summed E-state index contributed by atoms with van der Waals surface area (Å²) in [6.45, 7) is 0.170. The fraction of sp³-hybridized carbons (Fsp3) is 0.300. The number of benzene rings is 1. The molecule has 4 N–H and O–H groups in total. The van der Waals surface area contributed by atoms with Crippen LogP contribution in [0.5, 0.6) is 0 Å². The van der Waals surface area contributed by atoms with E-state index in [9.17, 15) is 9.18 Å². The van der Waals surface area contributed by atoms with E-state index in [0.717, 1.165) is 0 Å². The lowest BCUT2D eigenvalue weighted by atomic mass is 10.2. The predicted molar refractivity (Wildman–Crippen MR) is 60.1 cm³/mol. The van der Waals surface area contributed by atoms with Crippen molar-refractivity contribution in [1.29, 1.82) is 0 Å². The molecule has 0 spiro atoms. The first-order chi connectivity index (χ1) is 7.49. The second-order valence-electron chi connectivity index (χ2n) is 3.36. The first-order valence-electron chi connectivity index (χ1n) is 4.65. The molecule has 0 saturated carbocycles. The average molecular weight is 247 g/mol. The molecule has 0 aliphatic rings. The van der Waals surface area contributed by atoms with Crippen molar-refractivity contribution in [1.82, 2.24) is 0 Å². The van der Waals surface area contributed by atoms with Gasteiger partial charge in [0.1, 0.15) is 5.82 Å². The summed E-state index contributed by atoms with van der Waals surface area (Å²) in [7, 11) is 0. The molecule has 6 heteroatoms. The number of aliphatic carboxylic acids is 1. The van der Waals surface area contributed by atoms with Crippen LogP contribution in [0.25, 0.3) is 0 Å². The Morgan fingerprint density at radius 1 is 1.62 bits per heavy atom. The van der Waals surface area contributed by atoms with Gasteiger partial charge in [0, 0.05) is 17.6 Å². The van der Waals surface area contributed by atoms with Crippen molar-refractivity contribution < 1.29 is 14.3 Å². The third-order valence-corrected chi connectivity index (χ3v) is 2.16. The zero-order valence-electron chi connectivity index (χ0n) is 8.41. The van der Waals surface area contributed by atoms with Gasteiger partial charge in [-0.3, -0.25) is 4.79 Å². The molecule has 4 nitrogen and oxygen atoms in total. The van der Waals surface area contributed by atoms with Crippen molar-refractivity contribution in [2.75, 3.05) is 11.9 Å². The fourth-order valence-corrected chi connectivity index (χ4v) is 1.34. The number of carboxylic acids is 1. The van der Waals surface area contributed by atoms with Gasteiger partial charge in [0.2, 0.25) is 0 Å². The molecule has 0 aliphatic heterocycles. The number of hydrogen-bond acceptors (Lipinski definition) is 3. The van der Waals surface area contributed by atoms with E-state index in [0.29, 0.717) is 5.02 Å². The summed E-state index contributed by atoms with van der Waals surface area (Å²) in [4.78, 5) is 10.3. The molecular formula is C10H12ClFN2O2. The second kappa shape index (κ2) is 5.67. The summed E-state index contributed by atoms with van der Waals surface area (Å²) in [6, 6.07) is 3.51. The fourth-order valence-electron chi connectivity index (χ4n) is 1.17. The van der Waals surface area contributed by atoms with Crippen LogP contribution in [0.3, 0.4) is 0 Å². The van der Waals surface area contributed by atoms with Crippen LogP contribution in [0.4, 0.5) is 10.1 Å². The smallest absolute Gasteiger partial charge is 0.304 e. The highest BCUT2D eigenvalue weighted by molar-refractivity contribution is 6.30. The third-order valence-electron chi connectivity index (χ3n) is 1.92. The molecule has 0 saturated heterocycles. The Kier molecular flexibility index (Phi) is 4.52. The standard InChI is InChI=1S/C10H12ClFN2O2/c11-6-1-2-8(12)9(3-6)14-5-7(13)4-10(15)16/h1-3,7,14H,4-5,13H2,(H,15,16). The van der Waals surface area contributed by atoms with E-state index in [1.165, 1.54) is 18.2 Å². The molecule has 0 amide bonds. The highest BCUT2D eigenvalue weighted by atomic mass is 35.5. The SMILES string of the molecule is NC(CNc1cc(Cl)ccc1F)CC(=O)O. The molecule has 0 heterocycles. The van der Waals surface area contributed by atoms with Crippen LogP contribution in [0.1, 0.15) is 6.42 Å². The summed E-state index contributed by atoms with van der Waals surface area (Å²) in [5.74, 6) is -1.44. The molecule has 1 atom stereocenters. The van der Waals surface area contributed by atoms with Gasteiger partial charge in [-0.15, -0.1) is 0 Å². The highest BCUT2D eigenvalue weighted by Gasteiger charge is 2.09. The molecule has 1 rings (SSSR count). The Hall–Kier alpha value is -1.33. The quantitative estimate of drug-likeness (QED) is 0.739. The van der Waals surface area contributed by atoms with Crippen molar-refractivity contribution in [3.8, 4) is 0 Å². The monoisotopic (exact) mass is 246 g/mol. The van der Waals surface area contributed by atoms with E-state index in [1.807, 2.05) is 0 Å². The number of hydrogen-bond donors (Lipinski definition) is 3. The minimum Gasteiger partial charge on any atom is -0.481 e. The van der Waals surface area contributed by atoms with Crippen LogP contribution in [-0.2, 0) is 4.79 Å². The molecule has 0 aromatic heterocycles. The van der Waals surface area contributed by atoms with Gasteiger partial charge in [-0.1, -0.05) is 11.6 Å². The summed E-state index contributed by atoms with van der Waals surface area (Å²) < 4.78 is 13.2. The Bertz CT molecular complexity index is 387. The number of carboxylic acid groups (broad SMARTS) is 1. The first-order valence-corrected chi connectivity index (χ1v) is 5.03. The van der Waals surface area contributed by atoms with E-state index >= 15 is 0 Å². The van der Waals surface area contributed by atoms with Gasteiger partial charge >= 0.3 is 5.97 Å². The lowest BCUT2D eigenvalue weighted by Crippen LogP contribution is -2.31. The molecule has 0 aliphatic carbocycles. The molecule has 88 valence electrons. The maximum absolute atomic E-state index is 13.2. The average Bonchev–Trinajstić information content (AvgIpc) is 2.18. The molecule has 1 aromatic rings. The van der Waals surface area contributed by atoms with Gasteiger partial charge in [-0.25, -0.2) is 4.39 Å². The summed E-state index contributed by atoms with van der Waals surface area (Å²) in [6.07, 6.45) is -0.171. The van der Waals surface area contributed by atoms with Gasteiger partial charge < -0.3 is 16.2 Å². The Labute approximate surface area is 97.2 Å². The zero-order chi connectivity index (χ0) is 12.1. The van der Waals surface area contributed by atoms with Gasteiger partial charge in [0.25, 0.3) is 0 Å². The molecule has 1 unspecified atom stereocenters. The van der Waals surface area contributed by atoms with Crippen LogP contribution in [0, 0.1) is 5.82 Å². The van der Waals surface area contributed by atoms with Crippen molar-refractivity contribution in [3.05, 3.63) is 29.0 Å². The molecule has 0 fully saturated rings. The Morgan fingerprint density at radius 2 is 2.31 bits per heavy atom. The number of nitrogens with two attached hydrogens (primary N) is 1. The van der Waals surface area contributed by atoms with Crippen LogP contribution in [0.15, 0.2) is 18.2 Å². The van der Waals surface area contributed by atoms with Crippen LogP contribution < -0.4 is 11.1 Å². The highest BCUT2D eigenvalue weighted by Crippen LogP contribution is 2.19. The second-order valence-corrected chi connectivity index (χ2v) is 3.80. The number of halogens is 2.